The zero-order valence-electron chi connectivity index (χ0n) is 17.9. The molecule has 0 bridgehead atoms. The standard InChI is InChI=1S/C23H24N2O6S/c1-29-20-9-8-16(12-22(20)30-2)14-25(18-10-11-32(27,28)15-18)23(26)19-13-21(31-24-19)17-6-4-3-5-7-17/h3-9,12-13,18H,10-11,14-15H2,1-2H3/t18-/m1/s1. The molecule has 1 aliphatic heterocycles. The van der Waals surface area contributed by atoms with Crippen molar-refractivity contribution in [2.24, 2.45) is 0 Å². The van der Waals surface area contributed by atoms with Gasteiger partial charge in [0, 0.05) is 24.2 Å². The normalized spacial score (nSPS) is 17.1. The maximum absolute atomic E-state index is 13.4. The Kier molecular flexibility index (Phi) is 6.18. The summed E-state index contributed by atoms with van der Waals surface area (Å²) in [5.41, 5.74) is 1.72. The molecule has 0 N–H and O–H groups in total. The van der Waals surface area contributed by atoms with Crippen LogP contribution >= 0.6 is 0 Å². The summed E-state index contributed by atoms with van der Waals surface area (Å²) in [5, 5.41) is 3.96. The summed E-state index contributed by atoms with van der Waals surface area (Å²) in [6, 6.07) is 15.8. The van der Waals surface area contributed by atoms with Crippen molar-refractivity contribution < 1.29 is 27.2 Å². The van der Waals surface area contributed by atoms with E-state index in [0.717, 1.165) is 11.1 Å². The molecule has 0 aliphatic carbocycles. The molecular weight excluding hydrogens is 432 g/mol. The van der Waals surface area contributed by atoms with E-state index in [2.05, 4.69) is 5.16 Å². The summed E-state index contributed by atoms with van der Waals surface area (Å²) in [4.78, 5) is 15.0. The monoisotopic (exact) mass is 456 g/mol. The third kappa shape index (κ3) is 4.62. The number of carbonyl (C=O) groups is 1. The number of hydrogen-bond donors (Lipinski definition) is 0. The van der Waals surface area contributed by atoms with Gasteiger partial charge in [0.1, 0.15) is 0 Å². The molecule has 2 aromatic carbocycles. The first kappa shape index (κ1) is 21.9. The van der Waals surface area contributed by atoms with Gasteiger partial charge in [-0.2, -0.15) is 0 Å². The molecule has 1 atom stereocenters. The Morgan fingerprint density at radius 3 is 2.50 bits per heavy atom. The van der Waals surface area contributed by atoms with E-state index in [1.807, 2.05) is 36.4 Å². The van der Waals surface area contributed by atoms with Crippen molar-refractivity contribution in [2.45, 2.75) is 19.0 Å². The minimum atomic E-state index is -3.19. The number of aromatic nitrogens is 1. The molecule has 1 aliphatic rings. The van der Waals surface area contributed by atoms with Gasteiger partial charge in [0.15, 0.2) is 32.8 Å². The van der Waals surface area contributed by atoms with Crippen LogP contribution < -0.4 is 9.47 Å². The van der Waals surface area contributed by atoms with Gasteiger partial charge < -0.3 is 18.9 Å². The fourth-order valence-electron chi connectivity index (χ4n) is 3.83. The highest BCUT2D eigenvalue weighted by molar-refractivity contribution is 7.91. The van der Waals surface area contributed by atoms with Crippen LogP contribution in [0.3, 0.4) is 0 Å². The number of hydrogen-bond acceptors (Lipinski definition) is 7. The largest absolute Gasteiger partial charge is 0.493 e. The molecular formula is C23H24N2O6S. The predicted octanol–water partition coefficient (Wildman–Crippen LogP) is 3.19. The molecule has 3 aromatic rings. The van der Waals surface area contributed by atoms with Crippen LogP contribution in [0, 0.1) is 0 Å². The third-order valence-corrected chi connectivity index (χ3v) is 7.25. The third-order valence-electron chi connectivity index (χ3n) is 5.50. The molecule has 1 saturated heterocycles. The molecule has 8 nitrogen and oxygen atoms in total. The number of ether oxygens (including phenoxy) is 2. The molecule has 2 heterocycles. The van der Waals surface area contributed by atoms with Crippen LogP contribution in [0.5, 0.6) is 11.5 Å². The highest BCUT2D eigenvalue weighted by Gasteiger charge is 2.36. The van der Waals surface area contributed by atoms with Crippen molar-refractivity contribution in [1.82, 2.24) is 10.1 Å². The number of amides is 1. The van der Waals surface area contributed by atoms with E-state index in [1.54, 1.807) is 30.2 Å². The molecule has 0 saturated carbocycles. The topological polar surface area (TPSA) is 98.9 Å². The Labute approximate surface area is 186 Å². The van der Waals surface area contributed by atoms with Gasteiger partial charge in [0.25, 0.3) is 5.91 Å². The van der Waals surface area contributed by atoms with Gasteiger partial charge in [-0.3, -0.25) is 4.79 Å². The Balaban J connectivity index is 1.64. The van der Waals surface area contributed by atoms with Gasteiger partial charge in [-0.1, -0.05) is 41.6 Å². The SMILES string of the molecule is COc1ccc(CN(C(=O)c2cc(-c3ccccc3)on2)[C@@H]2CCS(=O)(=O)C2)cc1OC. The summed E-state index contributed by atoms with van der Waals surface area (Å²) in [6.07, 6.45) is 0.380. The molecule has 4 rings (SSSR count). The fraction of sp³-hybridized carbons (Fsp3) is 0.304. The smallest absolute Gasteiger partial charge is 0.276 e. The quantitative estimate of drug-likeness (QED) is 0.538. The van der Waals surface area contributed by atoms with Gasteiger partial charge in [0.05, 0.1) is 25.7 Å². The summed E-state index contributed by atoms with van der Waals surface area (Å²) in [5.74, 6) is 1.18. The lowest BCUT2D eigenvalue weighted by atomic mass is 10.1. The van der Waals surface area contributed by atoms with Gasteiger partial charge >= 0.3 is 0 Å². The second kappa shape index (κ2) is 9.04. The van der Waals surface area contributed by atoms with Crippen LogP contribution in [0.25, 0.3) is 11.3 Å². The zero-order valence-corrected chi connectivity index (χ0v) is 18.7. The van der Waals surface area contributed by atoms with E-state index < -0.39 is 15.9 Å². The number of nitrogens with zero attached hydrogens (tertiary/aromatic N) is 2. The summed E-state index contributed by atoms with van der Waals surface area (Å²) >= 11 is 0. The van der Waals surface area contributed by atoms with Gasteiger partial charge in [-0.25, -0.2) is 8.42 Å². The van der Waals surface area contributed by atoms with Crippen molar-refractivity contribution >= 4 is 15.7 Å². The fourth-order valence-corrected chi connectivity index (χ4v) is 5.56. The molecule has 1 fully saturated rings. The van der Waals surface area contributed by atoms with Crippen LogP contribution in [-0.4, -0.2) is 56.1 Å². The van der Waals surface area contributed by atoms with Crippen LogP contribution in [-0.2, 0) is 16.4 Å². The Bertz CT molecular complexity index is 1210. The number of benzene rings is 2. The predicted molar refractivity (Wildman–Crippen MR) is 118 cm³/mol. The van der Waals surface area contributed by atoms with Gasteiger partial charge in [0.2, 0.25) is 0 Å². The zero-order chi connectivity index (χ0) is 22.7. The number of carbonyl (C=O) groups excluding carboxylic acids is 1. The highest BCUT2D eigenvalue weighted by Crippen LogP contribution is 2.30. The first-order chi connectivity index (χ1) is 15.4. The van der Waals surface area contributed by atoms with Crippen LogP contribution in [0.4, 0.5) is 0 Å². The minimum absolute atomic E-state index is 0.0570. The molecule has 168 valence electrons. The van der Waals surface area contributed by atoms with E-state index in [9.17, 15) is 13.2 Å². The average Bonchev–Trinajstić information content (AvgIpc) is 3.44. The first-order valence-electron chi connectivity index (χ1n) is 10.1. The van der Waals surface area contributed by atoms with Crippen molar-refractivity contribution in [3.8, 4) is 22.8 Å². The number of methoxy groups -OCH3 is 2. The average molecular weight is 457 g/mol. The number of sulfone groups is 1. The maximum Gasteiger partial charge on any atom is 0.276 e. The van der Waals surface area contributed by atoms with Crippen molar-refractivity contribution in [2.75, 3.05) is 25.7 Å². The minimum Gasteiger partial charge on any atom is -0.493 e. The summed E-state index contributed by atoms with van der Waals surface area (Å²) in [6.45, 7) is 0.201. The van der Waals surface area contributed by atoms with Crippen molar-refractivity contribution in [3.05, 3.63) is 65.9 Å². The van der Waals surface area contributed by atoms with E-state index >= 15 is 0 Å². The van der Waals surface area contributed by atoms with Crippen LogP contribution in [0.1, 0.15) is 22.5 Å². The second-order valence-corrected chi connectivity index (χ2v) is 9.85. The van der Waals surface area contributed by atoms with E-state index in [-0.39, 0.29) is 29.7 Å². The van der Waals surface area contributed by atoms with E-state index in [4.69, 9.17) is 14.0 Å². The second-order valence-electron chi connectivity index (χ2n) is 7.62. The molecule has 0 unspecified atom stereocenters. The van der Waals surface area contributed by atoms with Gasteiger partial charge in [-0.05, 0) is 24.1 Å². The van der Waals surface area contributed by atoms with Crippen molar-refractivity contribution in [3.63, 3.8) is 0 Å². The maximum atomic E-state index is 13.4. The summed E-state index contributed by atoms with van der Waals surface area (Å²) in [7, 11) is -0.109. The molecule has 1 aromatic heterocycles. The Morgan fingerprint density at radius 1 is 1.09 bits per heavy atom. The lowest BCUT2D eigenvalue weighted by Gasteiger charge is -2.27. The highest BCUT2D eigenvalue weighted by atomic mass is 32.2. The molecule has 0 spiro atoms. The molecule has 9 heteroatoms. The molecule has 32 heavy (non-hydrogen) atoms. The molecule has 1 amide bonds. The van der Waals surface area contributed by atoms with E-state index in [0.29, 0.717) is 23.7 Å². The Hall–Kier alpha value is -3.33. The lowest BCUT2D eigenvalue weighted by molar-refractivity contribution is 0.0670. The van der Waals surface area contributed by atoms with Gasteiger partial charge in [-0.15, -0.1) is 0 Å². The van der Waals surface area contributed by atoms with Crippen LogP contribution in [0.15, 0.2) is 59.1 Å². The Morgan fingerprint density at radius 2 is 1.84 bits per heavy atom. The van der Waals surface area contributed by atoms with Crippen molar-refractivity contribution in [1.29, 1.82) is 0 Å². The lowest BCUT2D eigenvalue weighted by Crippen LogP contribution is -2.40. The van der Waals surface area contributed by atoms with E-state index in [1.165, 1.54) is 7.11 Å². The molecule has 0 radical (unpaired) electrons. The summed E-state index contributed by atoms with van der Waals surface area (Å²) < 4.78 is 40.3. The number of rotatable bonds is 7. The van der Waals surface area contributed by atoms with Crippen LogP contribution in [0.2, 0.25) is 0 Å². The first-order valence-corrected chi connectivity index (χ1v) is 12.0.